The number of halogens is 1. The largest absolute Gasteiger partial charge is 0.489 e. The molecule has 2 unspecified atom stereocenters. The summed E-state index contributed by atoms with van der Waals surface area (Å²) >= 11 is 0. The molecule has 6 heteroatoms. The second-order valence-corrected chi connectivity index (χ2v) is 5.48. The van der Waals surface area contributed by atoms with Gasteiger partial charge in [-0.3, -0.25) is 0 Å². The van der Waals surface area contributed by atoms with Gasteiger partial charge in [-0.2, -0.15) is 0 Å². The molecule has 1 aliphatic heterocycles. The average molecular weight is 433 g/mol. The summed E-state index contributed by atoms with van der Waals surface area (Å²) in [6.07, 6.45) is 2.62. The third-order valence-electron chi connectivity index (χ3n) is 3.45. The smallest absolute Gasteiger partial charge is 0.191 e. The number of aliphatic imine (C=N–C) groups is 1. The Morgan fingerprint density at radius 3 is 2.78 bits per heavy atom. The molecule has 1 aliphatic rings. The zero-order chi connectivity index (χ0) is 15.6. The zero-order valence-corrected chi connectivity index (χ0v) is 16.3. The minimum Gasteiger partial charge on any atom is -0.489 e. The first-order valence-corrected chi connectivity index (χ1v) is 8.13. The van der Waals surface area contributed by atoms with Crippen molar-refractivity contribution in [2.45, 2.75) is 38.9 Å². The number of nitrogens with one attached hydrogen (secondary N) is 2. The summed E-state index contributed by atoms with van der Waals surface area (Å²) in [6, 6.07) is 9.84. The van der Waals surface area contributed by atoms with Gasteiger partial charge in [0.2, 0.25) is 0 Å². The lowest BCUT2D eigenvalue weighted by Crippen LogP contribution is -2.41. The lowest BCUT2D eigenvalue weighted by atomic mass is 10.2. The molecule has 2 atom stereocenters. The Morgan fingerprint density at radius 2 is 2.13 bits per heavy atom. The third kappa shape index (κ3) is 7.87. The number of hydrogen-bond acceptors (Lipinski definition) is 3. The maximum atomic E-state index is 5.83. The van der Waals surface area contributed by atoms with E-state index in [0.717, 1.165) is 44.2 Å². The number of para-hydroxylation sites is 1. The van der Waals surface area contributed by atoms with E-state index in [9.17, 15) is 0 Å². The van der Waals surface area contributed by atoms with E-state index in [1.165, 1.54) is 0 Å². The number of nitrogens with zero attached hydrogens (tertiary/aromatic N) is 1. The molecule has 2 N–H and O–H groups in total. The van der Waals surface area contributed by atoms with E-state index < -0.39 is 0 Å². The molecule has 5 nitrogen and oxygen atoms in total. The van der Waals surface area contributed by atoms with Crippen molar-refractivity contribution in [1.29, 1.82) is 0 Å². The minimum atomic E-state index is 0. The van der Waals surface area contributed by atoms with Crippen LogP contribution in [0, 0.1) is 0 Å². The van der Waals surface area contributed by atoms with Crippen LogP contribution in [0.15, 0.2) is 35.3 Å². The van der Waals surface area contributed by atoms with Crippen molar-refractivity contribution in [3.63, 3.8) is 0 Å². The minimum absolute atomic E-state index is 0. The highest BCUT2D eigenvalue weighted by Gasteiger charge is 2.15. The van der Waals surface area contributed by atoms with Gasteiger partial charge in [-0.1, -0.05) is 18.2 Å². The molecule has 0 aliphatic carbocycles. The first-order chi connectivity index (χ1) is 10.8. The van der Waals surface area contributed by atoms with E-state index in [1.54, 1.807) is 0 Å². The van der Waals surface area contributed by atoms with Gasteiger partial charge < -0.3 is 20.1 Å². The van der Waals surface area contributed by atoms with Crippen molar-refractivity contribution < 1.29 is 9.47 Å². The van der Waals surface area contributed by atoms with E-state index in [-0.39, 0.29) is 30.1 Å². The Bertz CT molecular complexity index is 450. The molecule has 1 fully saturated rings. The van der Waals surface area contributed by atoms with Gasteiger partial charge in [-0.15, -0.1) is 24.0 Å². The lowest BCUT2D eigenvalue weighted by molar-refractivity contribution is 0.113. The van der Waals surface area contributed by atoms with Crippen LogP contribution in [0.1, 0.15) is 26.7 Å². The number of benzene rings is 1. The molecule has 1 saturated heterocycles. The Labute approximate surface area is 156 Å². The summed E-state index contributed by atoms with van der Waals surface area (Å²) < 4.78 is 11.4. The summed E-state index contributed by atoms with van der Waals surface area (Å²) in [5.41, 5.74) is 0. The van der Waals surface area contributed by atoms with Gasteiger partial charge in [-0.25, -0.2) is 4.99 Å². The molecular formula is C17H28IN3O2. The molecule has 0 saturated carbocycles. The van der Waals surface area contributed by atoms with Gasteiger partial charge in [0, 0.05) is 19.7 Å². The molecule has 0 radical (unpaired) electrons. The number of hydrogen-bond donors (Lipinski definition) is 2. The Hall–Kier alpha value is -1.02. The molecule has 0 amide bonds. The number of rotatable bonds is 7. The molecule has 1 aromatic carbocycles. The van der Waals surface area contributed by atoms with Crippen LogP contribution in [0.5, 0.6) is 5.75 Å². The van der Waals surface area contributed by atoms with Crippen LogP contribution in [0.25, 0.3) is 0 Å². The van der Waals surface area contributed by atoms with Crippen LogP contribution in [0.2, 0.25) is 0 Å². The van der Waals surface area contributed by atoms with Gasteiger partial charge in [0.05, 0.1) is 12.6 Å². The summed E-state index contributed by atoms with van der Waals surface area (Å²) in [5, 5.41) is 6.59. The second-order valence-electron chi connectivity index (χ2n) is 5.48. The number of guanidine groups is 1. The Morgan fingerprint density at radius 1 is 1.35 bits per heavy atom. The van der Waals surface area contributed by atoms with E-state index in [4.69, 9.17) is 9.47 Å². The molecule has 0 bridgehead atoms. The predicted molar refractivity (Wildman–Crippen MR) is 105 cm³/mol. The molecule has 0 aromatic heterocycles. The predicted octanol–water partition coefficient (Wildman–Crippen LogP) is 2.81. The maximum Gasteiger partial charge on any atom is 0.191 e. The Kier molecular flexibility index (Phi) is 10.0. The van der Waals surface area contributed by atoms with Crippen molar-refractivity contribution in [2.24, 2.45) is 4.99 Å². The normalized spacial score (nSPS) is 18.9. The fourth-order valence-electron chi connectivity index (χ4n) is 2.35. The van der Waals surface area contributed by atoms with Gasteiger partial charge >= 0.3 is 0 Å². The summed E-state index contributed by atoms with van der Waals surface area (Å²) in [7, 11) is 0. The van der Waals surface area contributed by atoms with Crippen LogP contribution in [-0.4, -0.2) is 44.4 Å². The van der Waals surface area contributed by atoms with Crippen molar-refractivity contribution in [2.75, 3.05) is 26.2 Å². The fourth-order valence-corrected chi connectivity index (χ4v) is 2.35. The second kappa shape index (κ2) is 11.5. The summed E-state index contributed by atoms with van der Waals surface area (Å²) in [5.74, 6) is 1.70. The van der Waals surface area contributed by atoms with Gasteiger partial charge in [-0.05, 0) is 38.8 Å². The highest BCUT2D eigenvalue weighted by molar-refractivity contribution is 14.0. The molecular weight excluding hydrogens is 405 g/mol. The highest BCUT2D eigenvalue weighted by Crippen LogP contribution is 2.11. The topological polar surface area (TPSA) is 54.9 Å². The van der Waals surface area contributed by atoms with Crippen LogP contribution in [0.3, 0.4) is 0 Å². The van der Waals surface area contributed by atoms with E-state index in [1.807, 2.05) is 37.3 Å². The first-order valence-electron chi connectivity index (χ1n) is 8.13. The number of ether oxygens (including phenoxy) is 2. The van der Waals surface area contributed by atoms with Gasteiger partial charge in [0.25, 0.3) is 0 Å². The zero-order valence-electron chi connectivity index (χ0n) is 14.0. The van der Waals surface area contributed by atoms with Gasteiger partial charge in [0.1, 0.15) is 11.9 Å². The standard InChI is InChI=1S/C17H27N3O2.HI/c1-3-18-17(20-13-16-10-7-11-21-16)19-12-14(2)22-15-8-5-4-6-9-15;/h4-6,8-9,14,16H,3,7,10-13H2,1-2H3,(H2,18,19,20);1H. The molecule has 2 rings (SSSR count). The van der Waals surface area contributed by atoms with Crippen LogP contribution >= 0.6 is 24.0 Å². The molecule has 0 spiro atoms. The monoisotopic (exact) mass is 433 g/mol. The highest BCUT2D eigenvalue weighted by atomic mass is 127. The molecule has 1 aromatic rings. The maximum absolute atomic E-state index is 5.83. The van der Waals surface area contributed by atoms with Crippen molar-refractivity contribution in [3.05, 3.63) is 30.3 Å². The molecule has 130 valence electrons. The fraction of sp³-hybridized carbons (Fsp3) is 0.588. The lowest BCUT2D eigenvalue weighted by Gasteiger charge is -2.16. The molecule has 1 heterocycles. The van der Waals surface area contributed by atoms with Crippen molar-refractivity contribution >= 4 is 29.9 Å². The van der Waals surface area contributed by atoms with Crippen LogP contribution < -0.4 is 15.4 Å². The van der Waals surface area contributed by atoms with Gasteiger partial charge in [0.15, 0.2) is 5.96 Å². The Balaban J connectivity index is 0.00000264. The van der Waals surface area contributed by atoms with Crippen molar-refractivity contribution in [1.82, 2.24) is 10.6 Å². The quantitative estimate of drug-likeness (QED) is 0.395. The van der Waals surface area contributed by atoms with Crippen LogP contribution in [-0.2, 0) is 4.74 Å². The SMILES string of the molecule is CCNC(=NCC(C)Oc1ccccc1)NCC1CCCO1.I. The average Bonchev–Trinajstić information content (AvgIpc) is 3.04. The van der Waals surface area contributed by atoms with Crippen molar-refractivity contribution in [3.8, 4) is 5.75 Å². The van der Waals surface area contributed by atoms with Crippen LogP contribution in [0.4, 0.5) is 0 Å². The van der Waals surface area contributed by atoms with E-state index >= 15 is 0 Å². The summed E-state index contributed by atoms with van der Waals surface area (Å²) in [6.45, 7) is 7.22. The van der Waals surface area contributed by atoms with E-state index in [2.05, 4.69) is 22.5 Å². The molecule has 23 heavy (non-hydrogen) atoms. The first kappa shape index (κ1) is 20.0. The van der Waals surface area contributed by atoms with E-state index in [0.29, 0.717) is 12.6 Å². The summed E-state index contributed by atoms with van der Waals surface area (Å²) in [4.78, 5) is 4.58. The third-order valence-corrected chi connectivity index (χ3v) is 3.45.